The topological polar surface area (TPSA) is 60.1 Å². The Morgan fingerprint density at radius 1 is 1.43 bits per heavy atom. The standard InChI is InChI=1S/C15H20ClN3O2/c1-9(2)7-17-15(20)13-6-5-12(21-13)8-19-11(4)14(16)10(3)18-19/h5-6,9H,7-8H2,1-4H3,(H,17,20). The molecule has 0 saturated heterocycles. The van der Waals surface area contributed by atoms with Crippen LogP contribution in [0.2, 0.25) is 5.02 Å². The monoisotopic (exact) mass is 309 g/mol. The van der Waals surface area contributed by atoms with Gasteiger partial charge in [0.25, 0.3) is 5.91 Å². The van der Waals surface area contributed by atoms with Crippen molar-refractivity contribution in [3.05, 3.63) is 40.1 Å². The molecule has 0 bridgehead atoms. The third-order valence-electron chi connectivity index (χ3n) is 3.16. The third-order valence-corrected chi connectivity index (χ3v) is 3.70. The minimum atomic E-state index is -0.193. The molecule has 0 unspecified atom stereocenters. The number of amides is 1. The van der Waals surface area contributed by atoms with E-state index in [1.807, 2.05) is 27.7 Å². The number of hydrogen-bond acceptors (Lipinski definition) is 3. The molecule has 2 aromatic rings. The molecule has 0 aliphatic heterocycles. The lowest BCUT2D eigenvalue weighted by Gasteiger charge is -2.05. The Morgan fingerprint density at radius 3 is 2.71 bits per heavy atom. The first-order valence-electron chi connectivity index (χ1n) is 6.95. The van der Waals surface area contributed by atoms with Crippen molar-refractivity contribution in [2.45, 2.75) is 34.2 Å². The van der Waals surface area contributed by atoms with Crippen LogP contribution in [0.1, 0.15) is 41.6 Å². The largest absolute Gasteiger partial charge is 0.454 e. The van der Waals surface area contributed by atoms with E-state index in [-0.39, 0.29) is 5.91 Å². The quantitative estimate of drug-likeness (QED) is 0.922. The number of furan rings is 1. The van der Waals surface area contributed by atoms with E-state index in [9.17, 15) is 4.79 Å². The predicted octanol–water partition coefficient (Wildman–Crippen LogP) is 3.18. The maximum Gasteiger partial charge on any atom is 0.287 e. The van der Waals surface area contributed by atoms with E-state index in [1.54, 1.807) is 16.8 Å². The van der Waals surface area contributed by atoms with Crippen LogP contribution in [0.15, 0.2) is 16.5 Å². The molecule has 0 fully saturated rings. The third kappa shape index (κ3) is 3.67. The minimum Gasteiger partial charge on any atom is -0.454 e. The van der Waals surface area contributed by atoms with E-state index in [2.05, 4.69) is 10.4 Å². The molecule has 0 saturated carbocycles. The van der Waals surface area contributed by atoms with Crippen LogP contribution in [0, 0.1) is 19.8 Å². The second-order valence-electron chi connectivity index (χ2n) is 5.51. The van der Waals surface area contributed by atoms with Crippen molar-refractivity contribution in [1.82, 2.24) is 15.1 Å². The minimum absolute atomic E-state index is 0.193. The molecule has 6 heteroatoms. The highest BCUT2D eigenvalue weighted by Gasteiger charge is 2.14. The lowest BCUT2D eigenvalue weighted by molar-refractivity contribution is 0.0919. The average Bonchev–Trinajstić information content (AvgIpc) is 2.98. The molecule has 114 valence electrons. The number of halogens is 1. The highest BCUT2D eigenvalue weighted by Crippen LogP contribution is 2.20. The van der Waals surface area contributed by atoms with Crippen molar-refractivity contribution >= 4 is 17.5 Å². The lowest BCUT2D eigenvalue weighted by atomic mass is 10.2. The summed E-state index contributed by atoms with van der Waals surface area (Å²) in [5, 5.41) is 7.83. The van der Waals surface area contributed by atoms with Gasteiger partial charge in [-0.05, 0) is 31.9 Å². The summed E-state index contributed by atoms with van der Waals surface area (Å²) in [7, 11) is 0. The van der Waals surface area contributed by atoms with Gasteiger partial charge in [0.05, 0.1) is 23.0 Å². The number of aryl methyl sites for hydroxylation is 1. The van der Waals surface area contributed by atoms with Gasteiger partial charge in [-0.1, -0.05) is 25.4 Å². The molecule has 0 radical (unpaired) electrons. The Hall–Kier alpha value is -1.75. The van der Waals surface area contributed by atoms with Crippen molar-refractivity contribution in [3.63, 3.8) is 0 Å². The number of nitrogens with one attached hydrogen (secondary N) is 1. The van der Waals surface area contributed by atoms with Gasteiger partial charge in [0.2, 0.25) is 0 Å². The van der Waals surface area contributed by atoms with Gasteiger partial charge < -0.3 is 9.73 Å². The molecule has 0 atom stereocenters. The highest BCUT2D eigenvalue weighted by atomic mass is 35.5. The average molecular weight is 310 g/mol. The number of carbonyl (C=O) groups excluding carboxylic acids is 1. The van der Waals surface area contributed by atoms with E-state index in [4.69, 9.17) is 16.0 Å². The van der Waals surface area contributed by atoms with E-state index in [0.717, 1.165) is 11.4 Å². The summed E-state index contributed by atoms with van der Waals surface area (Å²) in [4.78, 5) is 11.9. The van der Waals surface area contributed by atoms with Crippen molar-refractivity contribution in [1.29, 1.82) is 0 Å². The zero-order valence-corrected chi connectivity index (χ0v) is 13.5. The maximum absolute atomic E-state index is 11.9. The summed E-state index contributed by atoms with van der Waals surface area (Å²) < 4.78 is 7.34. The molecule has 2 heterocycles. The predicted molar refractivity (Wildman–Crippen MR) is 81.7 cm³/mol. The number of carbonyl (C=O) groups is 1. The van der Waals surface area contributed by atoms with Crippen LogP contribution in [0.25, 0.3) is 0 Å². The van der Waals surface area contributed by atoms with Crippen molar-refractivity contribution in [2.24, 2.45) is 5.92 Å². The second-order valence-corrected chi connectivity index (χ2v) is 5.89. The number of aromatic nitrogens is 2. The van der Waals surface area contributed by atoms with E-state index in [0.29, 0.717) is 35.6 Å². The van der Waals surface area contributed by atoms with Gasteiger partial charge in [-0.15, -0.1) is 0 Å². The Balaban J connectivity index is 2.06. The molecule has 0 aliphatic carbocycles. The van der Waals surface area contributed by atoms with Gasteiger partial charge in [-0.3, -0.25) is 9.48 Å². The molecule has 0 aliphatic rings. The van der Waals surface area contributed by atoms with E-state index in [1.165, 1.54) is 0 Å². The van der Waals surface area contributed by atoms with Crippen LogP contribution in [0.3, 0.4) is 0 Å². The van der Waals surface area contributed by atoms with Crippen molar-refractivity contribution in [2.75, 3.05) is 6.54 Å². The number of nitrogens with zero attached hydrogens (tertiary/aromatic N) is 2. The fourth-order valence-corrected chi connectivity index (χ4v) is 2.08. The molecular weight excluding hydrogens is 290 g/mol. The Labute approximate surface area is 129 Å². The van der Waals surface area contributed by atoms with Gasteiger partial charge in [0, 0.05) is 6.54 Å². The summed E-state index contributed by atoms with van der Waals surface area (Å²) in [5.74, 6) is 1.20. The second kappa shape index (κ2) is 6.35. The zero-order valence-electron chi connectivity index (χ0n) is 12.7. The van der Waals surface area contributed by atoms with E-state index >= 15 is 0 Å². The van der Waals surface area contributed by atoms with Gasteiger partial charge in [0.15, 0.2) is 5.76 Å². The van der Waals surface area contributed by atoms with Crippen LogP contribution in [-0.2, 0) is 6.54 Å². The summed E-state index contributed by atoms with van der Waals surface area (Å²) in [6.45, 7) is 8.93. The molecule has 1 N–H and O–H groups in total. The zero-order chi connectivity index (χ0) is 15.6. The van der Waals surface area contributed by atoms with Crippen LogP contribution >= 0.6 is 11.6 Å². The molecule has 2 aromatic heterocycles. The molecular formula is C15H20ClN3O2. The normalized spacial score (nSPS) is 11.1. The van der Waals surface area contributed by atoms with Crippen molar-refractivity contribution in [3.8, 4) is 0 Å². The Morgan fingerprint density at radius 2 is 2.14 bits per heavy atom. The van der Waals surface area contributed by atoms with Crippen LogP contribution < -0.4 is 5.32 Å². The molecule has 0 aromatic carbocycles. The first-order valence-corrected chi connectivity index (χ1v) is 7.32. The van der Waals surface area contributed by atoms with Crippen LogP contribution in [0.4, 0.5) is 0 Å². The fourth-order valence-electron chi connectivity index (χ4n) is 1.95. The summed E-state index contributed by atoms with van der Waals surface area (Å²) in [6, 6.07) is 3.47. The molecule has 5 nitrogen and oxygen atoms in total. The first-order chi connectivity index (χ1) is 9.88. The van der Waals surface area contributed by atoms with Gasteiger partial charge in [-0.2, -0.15) is 5.10 Å². The van der Waals surface area contributed by atoms with Gasteiger partial charge in [0.1, 0.15) is 5.76 Å². The molecule has 21 heavy (non-hydrogen) atoms. The Bertz CT molecular complexity index is 643. The van der Waals surface area contributed by atoms with Crippen molar-refractivity contribution < 1.29 is 9.21 Å². The van der Waals surface area contributed by atoms with Gasteiger partial charge >= 0.3 is 0 Å². The molecule has 2 rings (SSSR count). The fraction of sp³-hybridized carbons (Fsp3) is 0.467. The molecule has 1 amide bonds. The smallest absolute Gasteiger partial charge is 0.287 e. The van der Waals surface area contributed by atoms with Gasteiger partial charge in [-0.25, -0.2) is 0 Å². The Kier molecular flexibility index (Phi) is 4.73. The number of hydrogen-bond donors (Lipinski definition) is 1. The van der Waals surface area contributed by atoms with E-state index < -0.39 is 0 Å². The van der Waals surface area contributed by atoms with Crippen LogP contribution in [-0.4, -0.2) is 22.2 Å². The first kappa shape index (κ1) is 15.6. The van der Waals surface area contributed by atoms with Crippen LogP contribution in [0.5, 0.6) is 0 Å². The highest BCUT2D eigenvalue weighted by molar-refractivity contribution is 6.31. The summed E-state index contributed by atoms with van der Waals surface area (Å²) in [5.41, 5.74) is 1.67. The maximum atomic E-state index is 11.9. The summed E-state index contributed by atoms with van der Waals surface area (Å²) >= 11 is 6.11. The SMILES string of the molecule is Cc1nn(Cc2ccc(C(=O)NCC(C)C)o2)c(C)c1Cl. The number of rotatable bonds is 5. The molecule has 0 spiro atoms. The lowest BCUT2D eigenvalue weighted by Crippen LogP contribution is -2.26. The summed E-state index contributed by atoms with van der Waals surface area (Å²) in [6.07, 6.45) is 0.